The van der Waals surface area contributed by atoms with Crippen molar-refractivity contribution < 1.29 is 4.74 Å². The molecule has 2 aromatic rings. The molecular formula is C12H12N2OS. The van der Waals surface area contributed by atoms with Gasteiger partial charge in [-0.2, -0.15) is 0 Å². The van der Waals surface area contributed by atoms with Gasteiger partial charge in [-0.1, -0.05) is 12.1 Å². The second kappa shape index (κ2) is 4.99. The summed E-state index contributed by atoms with van der Waals surface area (Å²) in [6.07, 6.45) is 5.40. The Hall–Kier alpha value is -1.55. The van der Waals surface area contributed by atoms with Crippen molar-refractivity contribution >= 4 is 11.8 Å². The molecule has 1 heterocycles. The average molecular weight is 232 g/mol. The predicted octanol–water partition coefficient (Wildman–Crippen LogP) is 2.87. The highest BCUT2D eigenvalue weighted by molar-refractivity contribution is 7.98. The van der Waals surface area contributed by atoms with Crippen LogP contribution >= 0.6 is 11.8 Å². The fraction of sp³-hybridized carbons (Fsp3) is 0.167. The molecule has 0 unspecified atom stereocenters. The van der Waals surface area contributed by atoms with E-state index in [1.54, 1.807) is 31.3 Å². The number of methoxy groups -OCH3 is 1. The van der Waals surface area contributed by atoms with Crippen LogP contribution in [0.25, 0.3) is 11.3 Å². The van der Waals surface area contributed by atoms with Gasteiger partial charge < -0.3 is 4.74 Å². The number of ether oxygens (including phenoxy) is 1. The second-order valence-electron chi connectivity index (χ2n) is 3.18. The molecule has 1 aromatic heterocycles. The topological polar surface area (TPSA) is 35.0 Å². The molecule has 0 N–H and O–H groups in total. The maximum atomic E-state index is 4.97. The van der Waals surface area contributed by atoms with Crippen LogP contribution in [0.5, 0.6) is 5.88 Å². The molecule has 4 heteroatoms. The van der Waals surface area contributed by atoms with Crippen LogP contribution in [0, 0.1) is 0 Å². The van der Waals surface area contributed by atoms with Crippen molar-refractivity contribution in [1.29, 1.82) is 0 Å². The summed E-state index contributed by atoms with van der Waals surface area (Å²) in [5.74, 6) is 0.532. The first-order chi connectivity index (χ1) is 7.83. The van der Waals surface area contributed by atoms with Gasteiger partial charge in [0.15, 0.2) is 0 Å². The van der Waals surface area contributed by atoms with E-state index in [1.807, 2.05) is 12.1 Å². The summed E-state index contributed by atoms with van der Waals surface area (Å²) >= 11 is 1.71. The normalized spacial score (nSPS) is 10.1. The number of hydrogen-bond acceptors (Lipinski definition) is 4. The zero-order chi connectivity index (χ0) is 11.4. The van der Waals surface area contributed by atoms with Crippen molar-refractivity contribution in [2.24, 2.45) is 0 Å². The van der Waals surface area contributed by atoms with Gasteiger partial charge in [0.1, 0.15) is 0 Å². The highest BCUT2D eigenvalue weighted by atomic mass is 32.2. The first kappa shape index (κ1) is 11.0. The minimum absolute atomic E-state index is 0.532. The van der Waals surface area contributed by atoms with Crippen LogP contribution in [0.1, 0.15) is 0 Å². The number of aromatic nitrogens is 2. The summed E-state index contributed by atoms with van der Waals surface area (Å²) in [5.41, 5.74) is 1.93. The molecule has 2 rings (SSSR count). The summed E-state index contributed by atoms with van der Waals surface area (Å²) in [6.45, 7) is 0. The van der Waals surface area contributed by atoms with Gasteiger partial charge in [-0.05, 0) is 18.4 Å². The van der Waals surface area contributed by atoms with Crippen LogP contribution in [0.4, 0.5) is 0 Å². The molecule has 3 nitrogen and oxygen atoms in total. The number of nitrogens with zero attached hydrogens (tertiary/aromatic N) is 2. The molecule has 0 saturated carbocycles. The Morgan fingerprint density at radius 1 is 1.19 bits per heavy atom. The Bertz CT molecular complexity index is 471. The molecule has 0 spiro atoms. The third kappa shape index (κ3) is 2.33. The maximum absolute atomic E-state index is 4.97. The first-order valence-electron chi connectivity index (χ1n) is 4.84. The Morgan fingerprint density at radius 3 is 2.69 bits per heavy atom. The molecule has 0 amide bonds. The van der Waals surface area contributed by atoms with E-state index in [9.17, 15) is 0 Å². The fourth-order valence-corrected chi connectivity index (χ4v) is 1.81. The highest BCUT2D eigenvalue weighted by Crippen LogP contribution is 2.22. The number of thioether (sulfide) groups is 1. The largest absolute Gasteiger partial charge is 0.480 e. The number of rotatable bonds is 3. The van der Waals surface area contributed by atoms with E-state index < -0.39 is 0 Å². The molecule has 0 atom stereocenters. The van der Waals surface area contributed by atoms with Gasteiger partial charge in [0.2, 0.25) is 5.88 Å². The summed E-state index contributed by atoms with van der Waals surface area (Å²) in [4.78, 5) is 9.65. The van der Waals surface area contributed by atoms with E-state index in [2.05, 4.69) is 28.4 Å². The van der Waals surface area contributed by atoms with Gasteiger partial charge in [-0.15, -0.1) is 11.8 Å². The minimum atomic E-state index is 0.532. The van der Waals surface area contributed by atoms with Crippen molar-refractivity contribution in [3.8, 4) is 17.1 Å². The van der Waals surface area contributed by atoms with E-state index >= 15 is 0 Å². The second-order valence-corrected chi connectivity index (χ2v) is 4.06. The van der Waals surface area contributed by atoms with Crippen LogP contribution in [-0.4, -0.2) is 23.3 Å². The van der Waals surface area contributed by atoms with Gasteiger partial charge in [-0.3, -0.25) is 0 Å². The van der Waals surface area contributed by atoms with Gasteiger partial charge in [0.05, 0.1) is 25.2 Å². The summed E-state index contributed by atoms with van der Waals surface area (Å²) in [7, 11) is 1.58. The predicted molar refractivity (Wildman–Crippen MR) is 65.8 cm³/mol. The molecule has 0 bridgehead atoms. The van der Waals surface area contributed by atoms with Gasteiger partial charge in [-0.25, -0.2) is 9.97 Å². The zero-order valence-electron chi connectivity index (χ0n) is 9.18. The Morgan fingerprint density at radius 2 is 2.06 bits per heavy atom. The molecule has 1 aromatic carbocycles. The molecule has 0 saturated heterocycles. The Balaban J connectivity index is 2.34. The Kier molecular flexibility index (Phi) is 3.41. The number of benzene rings is 1. The van der Waals surface area contributed by atoms with E-state index in [0.29, 0.717) is 5.88 Å². The van der Waals surface area contributed by atoms with Crippen molar-refractivity contribution in [1.82, 2.24) is 9.97 Å². The lowest BCUT2D eigenvalue weighted by Crippen LogP contribution is -1.90. The maximum Gasteiger partial charge on any atom is 0.232 e. The van der Waals surface area contributed by atoms with E-state index in [-0.39, 0.29) is 0 Å². The Labute approximate surface area is 98.9 Å². The summed E-state index contributed by atoms with van der Waals surface area (Å²) in [6, 6.07) is 8.22. The van der Waals surface area contributed by atoms with Crippen LogP contribution < -0.4 is 4.74 Å². The molecule has 0 radical (unpaired) electrons. The number of hydrogen-bond donors (Lipinski definition) is 0. The van der Waals surface area contributed by atoms with Crippen molar-refractivity contribution in [3.05, 3.63) is 36.7 Å². The lowest BCUT2D eigenvalue weighted by atomic mass is 10.2. The van der Waals surface area contributed by atoms with E-state index in [1.165, 1.54) is 4.90 Å². The summed E-state index contributed by atoms with van der Waals surface area (Å²) < 4.78 is 4.97. The highest BCUT2D eigenvalue weighted by Gasteiger charge is 2.01. The summed E-state index contributed by atoms with van der Waals surface area (Å²) in [5, 5.41) is 0. The van der Waals surface area contributed by atoms with Crippen molar-refractivity contribution in [2.75, 3.05) is 13.4 Å². The van der Waals surface area contributed by atoms with Crippen LogP contribution in [-0.2, 0) is 0 Å². The van der Waals surface area contributed by atoms with Crippen molar-refractivity contribution in [2.45, 2.75) is 4.90 Å². The van der Waals surface area contributed by atoms with Gasteiger partial charge in [0.25, 0.3) is 0 Å². The van der Waals surface area contributed by atoms with Gasteiger partial charge in [0, 0.05) is 10.5 Å². The molecule has 0 aliphatic rings. The average Bonchev–Trinajstić information content (AvgIpc) is 2.39. The van der Waals surface area contributed by atoms with Crippen molar-refractivity contribution in [3.63, 3.8) is 0 Å². The third-order valence-electron chi connectivity index (χ3n) is 2.20. The third-order valence-corrected chi connectivity index (χ3v) is 2.93. The van der Waals surface area contributed by atoms with Crippen LogP contribution in [0.3, 0.4) is 0 Å². The molecule has 0 aliphatic carbocycles. The van der Waals surface area contributed by atoms with Gasteiger partial charge >= 0.3 is 0 Å². The monoisotopic (exact) mass is 232 g/mol. The zero-order valence-corrected chi connectivity index (χ0v) is 9.99. The van der Waals surface area contributed by atoms with E-state index in [4.69, 9.17) is 4.74 Å². The van der Waals surface area contributed by atoms with E-state index in [0.717, 1.165) is 11.3 Å². The lowest BCUT2D eigenvalue weighted by Gasteiger charge is -2.03. The standard InChI is InChI=1S/C12H12N2OS/c1-15-12-8-13-11(7-14-12)9-4-3-5-10(6-9)16-2/h3-8H,1-2H3. The fourth-order valence-electron chi connectivity index (χ4n) is 1.35. The molecular weight excluding hydrogens is 220 g/mol. The first-order valence-corrected chi connectivity index (χ1v) is 6.06. The van der Waals surface area contributed by atoms with Crippen LogP contribution in [0.2, 0.25) is 0 Å². The molecule has 82 valence electrons. The molecule has 16 heavy (non-hydrogen) atoms. The molecule has 0 aliphatic heterocycles. The minimum Gasteiger partial charge on any atom is -0.480 e. The smallest absolute Gasteiger partial charge is 0.232 e. The van der Waals surface area contributed by atoms with Crippen LogP contribution in [0.15, 0.2) is 41.6 Å². The quantitative estimate of drug-likeness (QED) is 0.762. The SMILES string of the molecule is COc1cnc(-c2cccc(SC)c2)cn1. The lowest BCUT2D eigenvalue weighted by molar-refractivity contribution is 0.396. The molecule has 0 fully saturated rings.